The van der Waals surface area contributed by atoms with E-state index in [1.165, 1.54) is 12.1 Å². The van der Waals surface area contributed by atoms with Crippen molar-refractivity contribution in [1.29, 1.82) is 5.26 Å². The number of hydrogen-bond acceptors (Lipinski definition) is 5. The Morgan fingerprint density at radius 1 is 1.42 bits per heavy atom. The zero-order valence-electron chi connectivity index (χ0n) is 10.4. The van der Waals surface area contributed by atoms with E-state index in [2.05, 4.69) is 11.1 Å². The average molecular weight is 256 g/mol. The van der Waals surface area contributed by atoms with Crippen LogP contribution in [0.5, 0.6) is 0 Å². The number of rotatable bonds is 4. The summed E-state index contributed by atoms with van der Waals surface area (Å²) in [4.78, 5) is 16.6. The smallest absolute Gasteiger partial charge is 0.270 e. The molecule has 0 bridgehead atoms. The number of nitro groups is 1. The number of anilines is 1. The Bertz CT molecular complexity index is 663. The molecule has 0 aliphatic heterocycles. The molecule has 0 atom stereocenters. The standard InChI is InChI=1S/C13H12N4O2/c1-16(8-2-7-14)13-6-3-10-9-11(17(18)19)4-5-12(10)15-13/h3-6,9H,2,8H2,1H3. The SMILES string of the molecule is CN(CCC#N)c1ccc2cc([N+](=O)[O-])ccc2n1. The first-order valence-corrected chi connectivity index (χ1v) is 5.75. The van der Waals surface area contributed by atoms with Gasteiger partial charge in [0, 0.05) is 31.1 Å². The third-order valence-electron chi connectivity index (χ3n) is 2.82. The molecular weight excluding hydrogens is 244 g/mol. The number of aromatic nitrogens is 1. The van der Waals surface area contributed by atoms with Crippen molar-refractivity contribution in [2.45, 2.75) is 6.42 Å². The fraction of sp³-hybridized carbons (Fsp3) is 0.231. The fourth-order valence-corrected chi connectivity index (χ4v) is 1.76. The molecule has 0 spiro atoms. The van der Waals surface area contributed by atoms with E-state index in [9.17, 15) is 10.1 Å². The number of pyridine rings is 1. The lowest BCUT2D eigenvalue weighted by Gasteiger charge is -2.16. The van der Waals surface area contributed by atoms with Gasteiger partial charge in [-0.3, -0.25) is 10.1 Å². The largest absolute Gasteiger partial charge is 0.359 e. The topological polar surface area (TPSA) is 83.1 Å². The molecule has 1 aromatic heterocycles. The van der Waals surface area contributed by atoms with E-state index < -0.39 is 4.92 Å². The lowest BCUT2D eigenvalue weighted by Crippen LogP contribution is -2.19. The molecule has 0 saturated heterocycles. The number of nitriles is 1. The first kappa shape index (κ1) is 12.8. The molecule has 0 saturated carbocycles. The molecule has 2 aromatic rings. The van der Waals surface area contributed by atoms with Crippen LogP contribution in [0.1, 0.15) is 6.42 Å². The summed E-state index contributed by atoms with van der Waals surface area (Å²) in [6, 6.07) is 10.2. The predicted molar refractivity (Wildman–Crippen MR) is 71.9 cm³/mol. The van der Waals surface area contributed by atoms with Gasteiger partial charge in [-0.05, 0) is 18.2 Å². The van der Waals surface area contributed by atoms with Gasteiger partial charge in [0.2, 0.25) is 0 Å². The zero-order valence-corrected chi connectivity index (χ0v) is 10.4. The van der Waals surface area contributed by atoms with Gasteiger partial charge in [-0.15, -0.1) is 0 Å². The Kier molecular flexibility index (Phi) is 3.57. The molecule has 1 heterocycles. The molecule has 1 aromatic carbocycles. The summed E-state index contributed by atoms with van der Waals surface area (Å²) < 4.78 is 0. The van der Waals surface area contributed by atoms with Crippen LogP contribution in [0.2, 0.25) is 0 Å². The number of fused-ring (bicyclic) bond motifs is 1. The Hall–Kier alpha value is -2.68. The molecule has 6 nitrogen and oxygen atoms in total. The predicted octanol–water partition coefficient (Wildman–Crippen LogP) is 2.49. The molecule has 0 aliphatic rings. The van der Waals surface area contributed by atoms with Crippen molar-refractivity contribution in [1.82, 2.24) is 4.98 Å². The Morgan fingerprint density at radius 3 is 2.89 bits per heavy atom. The quantitative estimate of drug-likeness (QED) is 0.620. The van der Waals surface area contributed by atoms with Gasteiger partial charge in [0.05, 0.1) is 22.9 Å². The van der Waals surface area contributed by atoms with Gasteiger partial charge in [-0.2, -0.15) is 5.26 Å². The molecule has 0 radical (unpaired) electrons. The van der Waals surface area contributed by atoms with Gasteiger partial charge in [0.15, 0.2) is 0 Å². The highest BCUT2D eigenvalue weighted by molar-refractivity contribution is 5.82. The van der Waals surface area contributed by atoms with Crippen LogP contribution < -0.4 is 4.90 Å². The van der Waals surface area contributed by atoms with Crippen molar-refractivity contribution in [3.63, 3.8) is 0 Å². The first-order chi connectivity index (χ1) is 9.11. The molecular formula is C13H12N4O2. The Balaban J connectivity index is 2.34. The molecule has 0 aliphatic carbocycles. The lowest BCUT2D eigenvalue weighted by atomic mass is 10.2. The molecule has 0 unspecified atom stereocenters. The lowest BCUT2D eigenvalue weighted by molar-refractivity contribution is -0.384. The molecule has 6 heteroatoms. The minimum absolute atomic E-state index is 0.0554. The van der Waals surface area contributed by atoms with E-state index >= 15 is 0 Å². The highest BCUT2D eigenvalue weighted by Crippen LogP contribution is 2.22. The number of nitrogens with zero attached hydrogens (tertiary/aromatic N) is 4. The summed E-state index contributed by atoms with van der Waals surface area (Å²) in [6.07, 6.45) is 0.427. The van der Waals surface area contributed by atoms with E-state index in [1.54, 1.807) is 18.2 Å². The van der Waals surface area contributed by atoms with Crippen LogP contribution in [-0.2, 0) is 0 Å². The molecule has 0 fully saturated rings. The minimum Gasteiger partial charge on any atom is -0.359 e. The molecule has 96 valence electrons. The summed E-state index contributed by atoms with van der Waals surface area (Å²) in [5.41, 5.74) is 0.756. The second-order valence-electron chi connectivity index (χ2n) is 4.13. The van der Waals surface area contributed by atoms with Gasteiger partial charge < -0.3 is 4.90 Å². The highest BCUT2D eigenvalue weighted by atomic mass is 16.6. The summed E-state index contributed by atoms with van der Waals surface area (Å²) in [7, 11) is 1.86. The monoisotopic (exact) mass is 256 g/mol. The van der Waals surface area contributed by atoms with E-state index in [0.717, 1.165) is 11.2 Å². The van der Waals surface area contributed by atoms with E-state index in [0.29, 0.717) is 18.5 Å². The maximum Gasteiger partial charge on any atom is 0.270 e. The Labute approximate surface area is 110 Å². The molecule has 2 rings (SSSR count). The van der Waals surface area contributed by atoms with Crippen LogP contribution in [0, 0.1) is 21.4 Å². The second-order valence-corrected chi connectivity index (χ2v) is 4.13. The van der Waals surface area contributed by atoms with Crippen molar-refractivity contribution >= 4 is 22.4 Å². The molecule has 19 heavy (non-hydrogen) atoms. The van der Waals surface area contributed by atoms with Crippen LogP contribution in [0.3, 0.4) is 0 Å². The van der Waals surface area contributed by atoms with Crippen molar-refractivity contribution in [3.05, 3.63) is 40.4 Å². The summed E-state index contributed by atoms with van der Waals surface area (Å²) >= 11 is 0. The second kappa shape index (κ2) is 5.31. The van der Waals surface area contributed by atoms with Crippen molar-refractivity contribution in [2.24, 2.45) is 0 Å². The van der Waals surface area contributed by atoms with Crippen LogP contribution in [0.4, 0.5) is 11.5 Å². The van der Waals surface area contributed by atoms with Crippen molar-refractivity contribution in [3.8, 4) is 6.07 Å². The third-order valence-corrected chi connectivity index (χ3v) is 2.82. The van der Waals surface area contributed by atoms with Gasteiger partial charge in [-0.25, -0.2) is 4.98 Å². The maximum absolute atomic E-state index is 10.7. The Morgan fingerprint density at radius 2 is 2.21 bits per heavy atom. The van der Waals surface area contributed by atoms with Gasteiger partial charge in [0.25, 0.3) is 5.69 Å². The normalized spacial score (nSPS) is 10.1. The fourth-order valence-electron chi connectivity index (χ4n) is 1.76. The van der Waals surface area contributed by atoms with Crippen molar-refractivity contribution < 1.29 is 4.92 Å². The van der Waals surface area contributed by atoms with Gasteiger partial charge >= 0.3 is 0 Å². The van der Waals surface area contributed by atoms with Gasteiger partial charge in [0.1, 0.15) is 5.82 Å². The summed E-state index contributed by atoms with van der Waals surface area (Å²) in [5.74, 6) is 0.747. The number of non-ortho nitro benzene ring substituents is 1. The van der Waals surface area contributed by atoms with Crippen LogP contribution in [0.15, 0.2) is 30.3 Å². The van der Waals surface area contributed by atoms with Gasteiger partial charge in [-0.1, -0.05) is 0 Å². The number of hydrogen-bond donors (Lipinski definition) is 0. The van der Waals surface area contributed by atoms with Crippen LogP contribution >= 0.6 is 0 Å². The van der Waals surface area contributed by atoms with Crippen LogP contribution in [0.25, 0.3) is 10.9 Å². The highest BCUT2D eigenvalue weighted by Gasteiger charge is 2.08. The minimum atomic E-state index is -0.424. The van der Waals surface area contributed by atoms with E-state index in [4.69, 9.17) is 5.26 Å². The molecule has 0 amide bonds. The number of nitro benzene ring substituents is 1. The van der Waals surface area contributed by atoms with Crippen molar-refractivity contribution in [2.75, 3.05) is 18.5 Å². The summed E-state index contributed by atoms with van der Waals surface area (Å²) in [6.45, 7) is 0.599. The van der Waals surface area contributed by atoms with Crippen LogP contribution in [-0.4, -0.2) is 23.5 Å². The maximum atomic E-state index is 10.7. The van der Waals surface area contributed by atoms with E-state index in [-0.39, 0.29) is 5.69 Å². The summed E-state index contributed by atoms with van der Waals surface area (Å²) in [5, 5.41) is 20.0. The van der Waals surface area contributed by atoms with E-state index in [1.807, 2.05) is 11.9 Å². The first-order valence-electron chi connectivity index (χ1n) is 5.75. The average Bonchev–Trinajstić information content (AvgIpc) is 2.43. The zero-order chi connectivity index (χ0) is 13.8. The number of benzene rings is 1. The molecule has 0 N–H and O–H groups in total. The third kappa shape index (κ3) is 2.77.